The van der Waals surface area contributed by atoms with Gasteiger partial charge in [0.1, 0.15) is 6.04 Å². The summed E-state index contributed by atoms with van der Waals surface area (Å²) in [5.74, 6) is -3.39. The summed E-state index contributed by atoms with van der Waals surface area (Å²) < 4.78 is 96.1. The minimum absolute atomic E-state index is 0.156. The maximum atomic E-state index is 15.1. The minimum Gasteiger partial charge on any atom is -0.480 e. The molecule has 12 heteroatoms. The summed E-state index contributed by atoms with van der Waals surface area (Å²) in [4.78, 5) is 25.9. The molecule has 0 amide bonds. The first-order valence-electron chi connectivity index (χ1n) is 13.2. The molecule has 4 rings (SSSR count). The van der Waals surface area contributed by atoms with Gasteiger partial charge in [0.15, 0.2) is 6.10 Å². The third-order valence-electron chi connectivity index (χ3n) is 7.06. The Labute approximate surface area is 243 Å². The van der Waals surface area contributed by atoms with Crippen molar-refractivity contribution in [1.29, 1.82) is 0 Å². The van der Waals surface area contributed by atoms with Crippen LogP contribution in [0.3, 0.4) is 0 Å². The van der Waals surface area contributed by atoms with Crippen LogP contribution < -0.4 is 0 Å². The summed E-state index contributed by atoms with van der Waals surface area (Å²) in [6.07, 6.45) is -13.0. The Hall–Kier alpha value is -3.90. The molecule has 0 aromatic heterocycles. The van der Waals surface area contributed by atoms with E-state index in [1.165, 1.54) is 69.3 Å². The van der Waals surface area contributed by atoms with Crippen LogP contribution in [0.1, 0.15) is 71.9 Å². The van der Waals surface area contributed by atoms with Crippen LogP contribution in [0.25, 0.3) is 11.1 Å². The fourth-order valence-electron chi connectivity index (χ4n) is 5.52. The highest BCUT2D eigenvalue weighted by Gasteiger charge is 2.51. The number of halogens is 6. The van der Waals surface area contributed by atoms with Crippen LogP contribution in [-0.2, 0) is 39.8 Å². The van der Waals surface area contributed by atoms with Crippen LogP contribution in [0.2, 0.25) is 0 Å². The van der Waals surface area contributed by atoms with E-state index in [1.54, 1.807) is 13.0 Å². The molecular formula is C31H29F6NO5. The van der Waals surface area contributed by atoms with Gasteiger partial charge in [-0.05, 0) is 49.9 Å². The standard InChI is InChI=1S/C31H29F6NO5/c1-16-10-12-17(13-11-16)21-22(26(28(41)42)43-29(2,3)4)24(31(35,36)37)20-15-38(14-19(20)23(21)30(32,33)34)25(27(39)40)18-8-6-5-7-9-18/h5-13,25-26H,14-15H2,1-4H3,(H,39,40)(H,41,42)/t25?,26-/m0/s1. The molecule has 0 spiro atoms. The summed E-state index contributed by atoms with van der Waals surface area (Å²) in [6.45, 7) is 4.14. The SMILES string of the molecule is Cc1ccc(-c2c([C@H](OC(C)(C)C)C(=O)O)c(C(F)(F)F)c3c(c2C(F)(F)F)CN(C(C(=O)O)c2ccccc2)C3)cc1. The molecule has 0 saturated carbocycles. The number of rotatable bonds is 7. The summed E-state index contributed by atoms with van der Waals surface area (Å²) in [7, 11) is 0. The van der Waals surface area contributed by atoms with Crippen LogP contribution in [0.15, 0.2) is 54.6 Å². The van der Waals surface area contributed by atoms with Gasteiger partial charge in [-0.2, -0.15) is 26.3 Å². The van der Waals surface area contributed by atoms with Crippen molar-refractivity contribution in [2.24, 2.45) is 0 Å². The largest absolute Gasteiger partial charge is 0.480 e. The summed E-state index contributed by atoms with van der Waals surface area (Å²) in [6, 6.07) is 11.1. The molecule has 1 aliphatic rings. The maximum absolute atomic E-state index is 15.1. The van der Waals surface area contributed by atoms with E-state index in [-0.39, 0.29) is 11.1 Å². The Morgan fingerprint density at radius 1 is 0.791 bits per heavy atom. The molecule has 3 aromatic carbocycles. The van der Waals surface area contributed by atoms with Gasteiger partial charge in [-0.3, -0.25) is 9.69 Å². The topological polar surface area (TPSA) is 87.1 Å². The van der Waals surface area contributed by atoms with Gasteiger partial charge < -0.3 is 14.9 Å². The average molecular weight is 610 g/mol. The van der Waals surface area contributed by atoms with Crippen molar-refractivity contribution in [2.75, 3.05) is 0 Å². The van der Waals surface area contributed by atoms with E-state index in [2.05, 4.69) is 0 Å². The van der Waals surface area contributed by atoms with E-state index in [9.17, 15) is 19.8 Å². The highest BCUT2D eigenvalue weighted by molar-refractivity contribution is 5.85. The molecule has 1 unspecified atom stereocenters. The monoisotopic (exact) mass is 609 g/mol. The molecule has 2 atom stereocenters. The second-order valence-corrected chi connectivity index (χ2v) is 11.4. The van der Waals surface area contributed by atoms with E-state index in [0.29, 0.717) is 5.56 Å². The van der Waals surface area contributed by atoms with E-state index in [1.807, 2.05) is 0 Å². The van der Waals surface area contributed by atoms with Crippen LogP contribution in [0.5, 0.6) is 0 Å². The Morgan fingerprint density at radius 2 is 1.30 bits per heavy atom. The Kier molecular flexibility index (Phi) is 8.42. The molecule has 1 heterocycles. The van der Waals surface area contributed by atoms with E-state index >= 15 is 26.3 Å². The highest BCUT2D eigenvalue weighted by atomic mass is 19.4. The fourth-order valence-corrected chi connectivity index (χ4v) is 5.52. The number of nitrogens with zero attached hydrogens (tertiary/aromatic N) is 1. The number of benzene rings is 3. The Morgan fingerprint density at radius 3 is 1.74 bits per heavy atom. The first kappa shape index (κ1) is 32.0. The number of alkyl halides is 6. The van der Waals surface area contributed by atoms with Crippen LogP contribution in [0.4, 0.5) is 26.3 Å². The van der Waals surface area contributed by atoms with Crippen molar-refractivity contribution in [2.45, 2.75) is 70.9 Å². The number of carboxylic acid groups (broad SMARTS) is 2. The lowest BCUT2D eigenvalue weighted by Crippen LogP contribution is -2.31. The van der Waals surface area contributed by atoms with Crippen molar-refractivity contribution >= 4 is 11.9 Å². The highest BCUT2D eigenvalue weighted by Crippen LogP contribution is 2.53. The first-order chi connectivity index (χ1) is 19.8. The molecule has 43 heavy (non-hydrogen) atoms. The van der Waals surface area contributed by atoms with Gasteiger partial charge in [0.25, 0.3) is 0 Å². The van der Waals surface area contributed by atoms with E-state index in [0.717, 1.165) is 4.90 Å². The summed E-state index contributed by atoms with van der Waals surface area (Å²) in [5, 5.41) is 20.2. The number of aliphatic carboxylic acids is 2. The lowest BCUT2D eigenvalue weighted by Gasteiger charge is -2.32. The van der Waals surface area contributed by atoms with Gasteiger partial charge in [0.2, 0.25) is 0 Å². The Balaban J connectivity index is 2.17. The number of carboxylic acids is 2. The summed E-state index contributed by atoms with van der Waals surface area (Å²) in [5.41, 5.74) is -7.69. The zero-order valence-corrected chi connectivity index (χ0v) is 23.6. The average Bonchev–Trinajstić information content (AvgIpc) is 3.28. The zero-order chi connectivity index (χ0) is 32.1. The second-order valence-electron chi connectivity index (χ2n) is 11.4. The molecule has 230 valence electrons. The summed E-state index contributed by atoms with van der Waals surface area (Å²) >= 11 is 0. The fraction of sp³-hybridized carbons (Fsp3) is 0.355. The predicted octanol–water partition coefficient (Wildman–Crippen LogP) is 7.78. The smallest absolute Gasteiger partial charge is 0.417 e. The number of ether oxygens (including phenoxy) is 1. The zero-order valence-electron chi connectivity index (χ0n) is 23.6. The van der Waals surface area contributed by atoms with Gasteiger partial charge in [-0.15, -0.1) is 0 Å². The number of carbonyl (C=O) groups is 2. The van der Waals surface area contributed by atoms with Gasteiger partial charge in [-0.1, -0.05) is 60.2 Å². The van der Waals surface area contributed by atoms with Gasteiger partial charge in [0, 0.05) is 24.2 Å². The lowest BCUT2D eigenvalue weighted by atomic mass is 9.81. The Bertz CT molecular complexity index is 1530. The van der Waals surface area contributed by atoms with E-state index in [4.69, 9.17) is 4.74 Å². The van der Waals surface area contributed by atoms with Gasteiger partial charge >= 0.3 is 24.3 Å². The molecule has 0 saturated heterocycles. The van der Waals surface area contributed by atoms with Crippen molar-refractivity contribution in [1.82, 2.24) is 4.90 Å². The van der Waals surface area contributed by atoms with Crippen LogP contribution >= 0.6 is 0 Å². The predicted molar refractivity (Wildman–Crippen MR) is 144 cm³/mol. The van der Waals surface area contributed by atoms with Crippen molar-refractivity contribution in [3.8, 4) is 11.1 Å². The van der Waals surface area contributed by atoms with Crippen LogP contribution in [0, 0.1) is 6.92 Å². The van der Waals surface area contributed by atoms with E-state index < -0.39 is 88.5 Å². The molecule has 0 fully saturated rings. The molecule has 0 aliphatic carbocycles. The quantitative estimate of drug-likeness (QED) is 0.266. The molecule has 0 bridgehead atoms. The second kappa shape index (κ2) is 11.3. The number of fused-ring (bicyclic) bond motifs is 1. The van der Waals surface area contributed by atoms with Crippen LogP contribution in [-0.4, -0.2) is 32.7 Å². The molecule has 2 N–H and O–H groups in total. The molecule has 1 aliphatic heterocycles. The molecular weight excluding hydrogens is 580 g/mol. The maximum Gasteiger partial charge on any atom is 0.417 e. The molecule has 3 aromatic rings. The minimum atomic E-state index is -5.33. The number of hydrogen-bond acceptors (Lipinski definition) is 4. The van der Waals surface area contributed by atoms with Crippen molar-refractivity contribution in [3.05, 3.63) is 93.5 Å². The molecule has 6 nitrogen and oxygen atoms in total. The van der Waals surface area contributed by atoms with Gasteiger partial charge in [-0.25, -0.2) is 4.79 Å². The first-order valence-corrected chi connectivity index (χ1v) is 13.2. The number of hydrogen-bond donors (Lipinski definition) is 2. The van der Waals surface area contributed by atoms with Crippen molar-refractivity contribution < 1.29 is 50.9 Å². The molecule has 0 radical (unpaired) electrons. The van der Waals surface area contributed by atoms with Crippen molar-refractivity contribution in [3.63, 3.8) is 0 Å². The third-order valence-corrected chi connectivity index (χ3v) is 7.06. The number of aryl methyl sites for hydroxylation is 1. The lowest BCUT2D eigenvalue weighted by molar-refractivity contribution is -0.163. The van der Waals surface area contributed by atoms with Gasteiger partial charge in [0.05, 0.1) is 16.7 Å². The third kappa shape index (κ3) is 6.54. The normalized spacial score (nSPS) is 15.7.